The molecule has 1 unspecified atom stereocenters. The lowest BCUT2D eigenvalue weighted by Gasteiger charge is -2.14. The van der Waals surface area contributed by atoms with Crippen molar-refractivity contribution in [2.24, 2.45) is 0 Å². The van der Waals surface area contributed by atoms with Crippen LogP contribution in [0, 0.1) is 11.8 Å². The molecule has 2 aromatic carbocycles. The number of aromatic nitrogens is 1. The van der Waals surface area contributed by atoms with Gasteiger partial charge in [-0.2, -0.15) is 4.39 Å². The van der Waals surface area contributed by atoms with Gasteiger partial charge in [-0.05, 0) is 60.0 Å². The molecular weight excluding hydrogens is 346 g/mol. The zero-order valence-electron chi connectivity index (χ0n) is 14.7. The summed E-state index contributed by atoms with van der Waals surface area (Å²) in [6, 6.07) is 16.3. The molecule has 1 N–H and O–H groups in total. The molecule has 0 saturated carbocycles. The number of rotatable bonds is 5. The molecule has 0 saturated heterocycles. The average molecular weight is 364 g/mol. The van der Waals surface area contributed by atoms with Crippen LogP contribution in [0.4, 0.5) is 8.78 Å². The normalized spacial score (nSPS) is 12.1. The van der Waals surface area contributed by atoms with E-state index in [0.717, 1.165) is 22.3 Å². The second-order valence-electron chi connectivity index (χ2n) is 6.11. The third kappa shape index (κ3) is 5.07. The molecule has 0 aliphatic heterocycles. The predicted octanol–water partition coefficient (Wildman–Crippen LogP) is 4.92. The summed E-state index contributed by atoms with van der Waals surface area (Å²) in [5.74, 6) is -1.09. The maximum Gasteiger partial charge on any atom is 0.244 e. The largest absolute Gasteiger partial charge is 0.346 e. The molecule has 0 radical (unpaired) electrons. The van der Waals surface area contributed by atoms with E-state index in [1.165, 1.54) is 30.5 Å². The minimum absolute atomic E-state index is 0.219. The summed E-state index contributed by atoms with van der Waals surface area (Å²) >= 11 is 0. The molecule has 0 fully saturated rings. The molecule has 136 valence electrons. The number of hydrogen-bond donors (Lipinski definition) is 1. The van der Waals surface area contributed by atoms with Gasteiger partial charge in [0.1, 0.15) is 5.82 Å². The van der Waals surface area contributed by atoms with Gasteiger partial charge in [0.2, 0.25) is 11.9 Å². The zero-order chi connectivity index (χ0) is 19.2. The van der Waals surface area contributed by atoms with Crippen LogP contribution < -0.4 is 5.32 Å². The van der Waals surface area contributed by atoms with Gasteiger partial charge < -0.3 is 5.32 Å². The molecule has 1 aromatic heterocycles. The molecule has 0 spiro atoms. The van der Waals surface area contributed by atoms with Gasteiger partial charge in [0.25, 0.3) is 0 Å². The molecule has 1 atom stereocenters. The van der Waals surface area contributed by atoms with E-state index in [0.29, 0.717) is 0 Å². The van der Waals surface area contributed by atoms with E-state index in [2.05, 4.69) is 10.3 Å². The third-order valence-corrected chi connectivity index (χ3v) is 4.10. The van der Waals surface area contributed by atoms with Crippen LogP contribution in [0.3, 0.4) is 0 Å². The summed E-state index contributed by atoms with van der Waals surface area (Å²) in [6.45, 7) is 1.88. The van der Waals surface area contributed by atoms with Gasteiger partial charge in [-0.3, -0.25) is 4.79 Å². The number of carbonyl (C=O) groups excluding carboxylic acids is 1. The minimum atomic E-state index is -0.525. The van der Waals surface area contributed by atoms with Crippen LogP contribution in [0.15, 0.2) is 72.9 Å². The predicted molar refractivity (Wildman–Crippen MR) is 102 cm³/mol. The zero-order valence-corrected chi connectivity index (χ0v) is 14.7. The van der Waals surface area contributed by atoms with Crippen molar-refractivity contribution in [1.82, 2.24) is 10.3 Å². The Morgan fingerprint density at radius 3 is 2.52 bits per heavy atom. The van der Waals surface area contributed by atoms with E-state index in [1.807, 2.05) is 31.2 Å². The highest BCUT2D eigenvalue weighted by Gasteiger charge is 2.09. The van der Waals surface area contributed by atoms with Crippen molar-refractivity contribution in [2.45, 2.75) is 13.0 Å². The molecule has 3 rings (SSSR count). The summed E-state index contributed by atoms with van der Waals surface area (Å²) in [7, 11) is 0. The van der Waals surface area contributed by atoms with Gasteiger partial charge >= 0.3 is 0 Å². The van der Waals surface area contributed by atoms with E-state index in [-0.39, 0.29) is 17.8 Å². The number of carbonyl (C=O) groups is 1. The smallest absolute Gasteiger partial charge is 0.244 e. The summed E-state index contributed by atoms with van der Waals surface area (Å²) in [4.78, 5) is 15.8. The Labute approximate surface area is 156 Å². The number of halogens is 2. The average Bonchev–Trinajstić information content (AvgIpc) is 2.68. The Bertz CT molecular complexity index is 951. The number of hydrogen-bond acceptors (Lipinski definition) is 2. The van der Waals surface area contributed by atoms with Crippen molar-refractivity contribution in [3.05, 3.63) is 95.8 Å². The lowest BCUT2D eigenvalue weighted by atomic mass is 10.0. The number of amides is 1. The first-order chi connectivity index (χ1) is 13.0. The van der Waals surface area contributed by atoms with Gasteiger partial charge in [-0.15, -0.1) is 0 Å². The first-order valence-corrected chi connectivity index (χ1v) is 8.47. The molecule has 1 heterocycles. The van der Waals surface area contributed by atoms with Crippen LogP contribution in [0.25, 0.3) is 17.2 Å². The Kier molecular flexibility index (Phi) is 5.71. The quantitative estimate of drug-likeness (QED) is 0.516. The standard InChI is InChI=1S/C22H18F2N2O/c1-15(26-22(27)12-7-16-5-9-20(23)10-6-16)17-3-2-4-18(13-17)19-8-11-21(24)25-14-19/h2-15H,1H3,(H,26,27)/b12-7+. The second kappa shape index (κ2) is 8.36. The maximum atomic E-state index is 13.0. The number of benzene rings is 2. The van der Waals surface area contributed by atoms with E-state index in [1.54, 1.807) is 24.3 Å². The molecule has 27 heavy (non-hydrogen) atoms. The van der Waals surface area contributed by atoms with E-state index < -0.39 is 5.95 Å². The third-order valence-electron chi connectivity index (χ3n) is 4.10. The monoisotopic (exact) mass is 364 g/mol. The molecule has 0 aliphatic carbocycles. The first-order valence-electron chi connectivity index (χ1n) is 8.47. The summed E-state index contributed by atoms with van der Waals surface area (Å²) < 4.78 is 25.9. The van der Waals surface area contributed by atoms with Crippen molar-refractivity contribution >= 4 is 12.0 Å². The van der Waals surface area contributed by atoms with Crippen LogP contribution >= 0.6 is 0 Å². The lowest BCUT2D eigenvalue weighted by Crippen LogP contribution is -2.24. The minimum Gasteiger partial charge on any atom is -0.346 e. The second-order valence-corrected chi connectivity index (χ2v) is 6.11. The maximum absolute atomic E-state index is 13.0. The van der Waals surface area contributed by atoms with Crippen molar-refractivity contribution < 1.29 is 13.6 Å². The Morgan fingerprint density at radius 2 is 1.81 bits per heavy atom. The fraction of sp³-hybridized carbons (Fsp3) is 0.0909. The molecule has 0 bridgehead atoms. The topological polar surface area (TPSA) is 42.0 Å². The Balaban J connectivity index is 1.67. The highest BCUT2D eigenvalue weighted by Crippen LogP contribution is 2.23. The number of nitrogens with one attached hydrogen (secondary N) is 1. The van der Waals surface area contributed by atoms with Gasteiger partial charge in [0.05, 0.1) is 6.04 Å². The van der Waals surface area contributed by atoms with Gasteiger partial charge in [-0.1, -0.05) is 30.3 Å². The van der Waals surface area contributed by atoms with Crippen LogP contribution in [-0.4, -0.2) is 10.9 Å². The highest BCUT2D eigenvalue weighted by molar-refractivity contribution is 5.92. The summed E-state index contributed by atoms with van der Waals surface area (Å²) in [5, 5.41) is 2.89. The Morgan fingerprint density at radius 1 is 1.04 bits per heavy atom. The van der Waals surface area contributed by atoms with Crippen molar-refractivity contribution in [3.8, 4) is 11.1 Å². The first kappa shape index (κ1) is 18.5. The van der Waals surface area contributed by atoms with Crippen LogP contribution in [0.2, 0.25) is 0 Å². The van der Waals surface area contributed by atoms with Crippen molar-refractivity contribution in [1.29, 1.82) is 0 Å². The summed E-state index contributed by atoms with van der Waals surface area (Å²) in [5.41, 5.74) is 3.35. The molecule has 3 aromatic rings. The molecular formula is C22H18F2N2O. The molecule has 5 heteroatoms. The summed E-state index contributed by atoms with van der Waals surface area (Å²) in [6.07, 6.45) is 4.52. The SMILES string of the molecule is CC(NC(=O)/C=C/c1ccc(F)cc1)c1cccc(-c2ccc(F)nc2)c1. The van der Waals surface area contributed by atoms with E-state index in [9.17, 15) is 13.6 Å². The van der Waals surface area contributed by atoms with Crippen LogP contribution in [0.1, 0.15) is 24.1 Å². The molecule has 1 amide bonds. The molecule has 3 nitrogen and oxygen atoms in total. The fourth-order valence-electron chi connectivity index (χ4n) is 2.62. The van der Waals surface area contributed by atoms with Crippen LogP contribution in [-0.2, 0) is 4.79 Å². The fourth-order valence-corrected chi connectivity index (χ4v) is 2.62. The van der Waals surface area contributed by atoms with Gasteiger partial charge in [-0.25, -0.2) is 9.37 Å². The highest BCUT2D eigenvalue weighted by atomic mass is 19.1. The van der Waals surface area contributed by atoms with E-state index in [4.69, 9.17) is 0 Å². The Hall–Kier alpha value is -3.34. The van der Waals surface area contributed by atoms with Crippen molar-refractivity contribution in [3.63, 3.8) is 0 Å². The lowest BCUT2D eigenvalue weighted by molar-refractivity contribution is -0.117. The number of nitrogens with zero attached hydrogens (tertiary/aromatic N) is 1. The van der Waals surface area contributed by atoms with Gasteiger partial charge in [0, 0.05) is 17.8 Å². The van der Waals surface area contributed by atoms with Gasteiger partial charge in [0.15, 0.2) is 0 Å². The molecule has 0 aliphatic rings. The van der Waals surface area contributed by atoms with Crippen LogP contribution in [0.5, 0.6) is 0 Å². The van der Waals surface area contributed by atoms with E-state index >= 15 is 0 Å². The van der Waals surface area contributed by atoms with Crippen molar-refractivity contribution in [2.75, 3.05) is 0 Å². The number of pyridine rings is 1.